The van der Waals surface area contributed by atoms with Crippen molar-refractivity contribution in [3.63, 3.8) is 0 Å². The molecule has 0 spiro atoms. The highest BCUT2D eigenvalue weighted by Gasteiger charge is 2.36. The molecule has 2 aromatic carbocycles. The molecule has 0 aliphatic carbocycles. The van der Waals surface area contributed by atoms with Gasteiger partial charge in [0.05, 0.1) is 5.54 Å². The van der Waals surface area contributed by atoms with Crippen molar-refractivity contribution in [2.45, 2.75) is 31.4 Å². The van der Waals surface area contributed by atoms with Gasteiger partial charge in [0.2, 0.25) is 0 Å². The highest BCUT2D eigenvalue weighted by Crippen LogP contribution is 2.35. The molecule has 28 heavy (non-hydrogen) atoms. The van der Waals surface area contributed by atoms with Gasteiger partial charge < -0.3 is 10.5 Å². The average Bonchev–Trinajstić information content (AvgIpc) is 2.68. The number of aryl methyl sites for hydroxylation is 1. The molecular formula is C22H23Cl2FN2O. The molecule has 1 aliphatic heterocycles. The molecule has 2 atom stereocenters. The Bertz CT molecular complexity index is 932. The minimum atomic E-state index is -0.684. The summed E-state index contributed by atoms with van der Waals surface area (Å²) in [6.45, 7) is 1.98. The molecule has 6 heteroatoms. The average molecular weight is 421 g/mol. The minimum absolute atomic E-state index is 0. The van der Waals surface area contributed by atoms with Gasteiger partial charge in [0.15, 0.2) is 0 Å². The number of pyridine rings is 1. The lowest BCUT2D eigenvalue weighted by atomic mass is 9.83. The number of nitrogens with zero attached hydrogens (tertiary/aromatic N) is 1. The van der Waals surface area contributed by atoms with E-state index in [2.05, 4.69) is 11.1 Å². The molecule has 1 aromatic heterocycles. The Morgan fingerprint density at radius 1 is 1.04 bits per heavy atom. The normalized spacial score (nSPS) is 17.2. The van der Waals surface area contributed by atoms with E-state index >= 15 is 0 Å². The maximum absolute atomic E-state index is 13.2. The number of rotatable bonds is 3. The second-order valence-corrected chi connectivity index (χ2v) is 7.00. The van der Waals surface area contributed by atoms with Crippen molar-refractivity contribution in [3.8, 4) is 16.9 Å². The van der Waals surface area contributed by atoms with Crippen LogP contribution in [-0.4, -0.2) is 11.1 Å². The van der Waals surface area contributed by atoms with Gasteiger partial charge in [0, 0.05) is 18.0 Å². The molecule has 3 nitrogen and oxygen atoms in total. The van der Waals surface area contributed by atoms with Crippen molar-refractivity contribution >= 4 is 24.8 Å². The van der Waals surface area contributed by atoms with E-state index in [9.17, 15) is 4.39 Å². The molecule has 0 amide bonds. The Balaban J connectivity index is 0.00000140. The van der Waals surface area contributed by atoms with Crippen LogP contribution in [-0.2, 0) is 12.0 Å². The van der Waals surface area contributed by atoms with Crippen molar-refractivity contribution in [2.24, 2.45) is 5.73 Å². The molecule has 0 fully saturated rings. The Labute approximate surface area is 177 Å². The minimum Gasteiger partial charge on any atom is -0.488 e. The van der Waals surface area contributed by atoms with Gasteiger partial charge in [-0.1, -0.05) is 30.3 Å². The van der Waals surface area contributed by atoms with Gasteiger partial charge in [0.1, 0.15) is 17.7 Å². The molecule has 0 radical (unpaired) electrons. The van der Waals surface area contributed by atoms with Crippen LogP contribution < -0.4 is 10.5 Å². The van der Waals surface area contributed by atoms with E-state index in [1.54, 1.807) is 24.5 Å². The summed E-state index contributed by atoms with van der Waals surface area (Å²) in [5.41, 5.74) is 9.98. The lowest BCUT2D eigenvalue weighted by Crippen LogP contribution is -2.49. The first-order chi connectivity index (χ1) is 12.5. The summed E-state index contributed by atoms with van der Waals surface area (Å²) in [6, 6.07) is 16.5. The van der Waals surface area contributed by atoms with E-state index in [-0.39, 0.29) is 36.7 Å². The third-order valence-corrected chi connectivity index (χ3v) is 5.12. The zero-order chi connectivity index (χ0) is 18.1. The summed E-state index contributed by atoms with van der Waals surface area (Å²) in [7, 11) is 0. The number of benzene rings is 2. The molecular weight excluding hydrogens is 398 g/mol. The second kappa shape index (κ2) is 8.91. The highest BCUT2D eigenvalue weighted by molar-refractivity contribution is 5.85. The third kappa shape index (κ3) is 4.30. The maximum Gasteiger partial charge on any atom is 0.123 e. The number of hydrogen-bond acceptors (Lipinski definition) is 3. The molecule has 2 unspecified atom stereocenters. The van der Waals surface area contributed by atoms with E-state index in [1.165, 1.54) is 17.7 Å². The number of aromatic nitrogens is 1. The van der Waals surface area contributed by atoms with Crippen molar-refractivity contribution in [1.29, 1.82) is 0 Å². The van der Waals surface area contributed by atoms with Crippen LogP contribution in [0.2, 0.25) is 0 Å². The van der Waals surface area contributed by atoms with Crippen LogP contribution in [0, 0.1) is 5.82 Å². The molecule has 2 N–H and O–H groups in total. The zero-order valence-corrected chi connectivity index (χ0v) is 17.1. The molecule has 2 heterocycles. The summed E-state index contributed by atoms with van der Waals surface area (Å²) in [6.07, 6.45) is 5.22. The van der Waals surface area contributed by atoms with Crippen molar-refractivity contribution in [3.05, 3.63) is 83.9 Å². The molecule has 0 saturated heterocycles. The Morgan fingerprint density at radius 2 is 1.75 bits per heavy atom. The molecule has 4 rings (SSSR count). The second-order valence-electron chi connectivity index (χ2n) is 7.00. The summed E-state index contributed by atoms with van der Waals surface area (Å²) in [4.78, 5) is 4.36. The largest absolute Gasteiger partial charge is 0.488 e. The van der Waals surface area contributed by atoms with Crippen LogP contribution in [0.3, 0.4) is 0 Å². The van der Waals surface area contributed by atoms with Crippen LogP contribution in [0.1, 0.15) is 24.5 Å². The van der Waals surface area contributed by atoms with Crippen molar-refractivity contribution in [1.82, 2.24) is 4.98 Å². The molecule has 0 bridgehead atoms. The lowest BCUT2D eigenvalue weighted by molar-refractivity contribution is 0.0958. The molecule has 0 saturated carbocycles. The number of nitrogens with two attached hydrogens (primary N) is 1. The van der Waals surface area contributed by atoms with Crippen LogP contribution in [0.4, 0.5) is 4.39 Å². The number of hydrogen-bond donors (Lipinski definition) is 1. The van der Waals surface area contributed by atoms with Crippen LogP contribution in [0.15, 0.2) is 67.0 Å². The third-order valence-electron chi connectivity index (χ3n) is 5.12. The fourth-order valence-electron chi connectivity index (χ4n) is 3.47. The van der Waals surface area contributed by atoms with Gasteiger partial charge in [-0.2, -0.15) is 0 Å². The van der Waals surface area contributed by atoms with Gasteiger partial charge in [-0.15, -0.1) is 24.8 Å². The maximum atomic E-state index is 13.2. The molecule has 1 aliphatic rings. The quantitative estimate of drug-likeness (QED) is 0.625. The fourth-order valence-corrected chi connectivity index (χ4v) is 3.47. The lowest BCUT2D eigenvalue weighted by Gasteiger charge is -2.38. The zero-order valence-electron chi connectivity index (χ0n) is 15.5. The summed E-state index contributed by atoms with van der Waals surface area (Å²) < 4.78 is 19.4. The van der Waals surface area contributed by atoms with E-state index in [0.717, 1.165) is 35.3 Å². The fraction of sp³-hybridized carbons (Fsp3) is 0.227. The monoisotopic (exact) mass is 420 g/mol. The van der Waals surface area contributed by atoms with Gasteiger partial charge in [-0.3, -0.25) is 4.98 Å². The van der Waals surface area contributed by atoms with E-state index in [4.69, 9.17) is 10.5 Å². The number of fused-ring (bicyclic) bond motifs is 1. The van der Waals surface area contributed by atoms with Gasteiger partial charge in [0.25, 0.3) is 0 Å². The number of ether oxygens (including phenoxy) is 1. The standard InChI is InChI=1S/C22H21FN2O.2ClH/c1-22(24,21-11-8-16-4-2-3-5-20(16)26-21)18-12-17(13-25-14-18)15-6-9-19(23)10-7-15;;/h2-7,9-10,12-14,21H,8,11,24H2,1H3;2*1H. The van der Waals surface area contributed by atoms with Gasteiger partial charge in [-0.05, 0) is 60.7 Å². The van der Waals surface area contributed by atoms with Crippen LogP contribution in [0.5, 0.6) is 5.75 Å². The van der Waals surface area contributed by atoms with E-state index < -0.39 is 5.54 Å². The summed E-state index contributed by atoms with van der Waals surface area (Å²) in [5, 5.41) is 0. The van der Waals surface area contributed by atoms with Gasteiger partial charge >= 0.3 is 0 Å². The van der Waals surface area contributed by atoms with E-state index in [0.29, 0.717) is 0 Å². The van der Waals surface area contributed by atoms with Gasteiger partial charge in [-0.25, -0.2) is 4.39 Å². The number of para-hydroxylation sites is 1. The predicted octanol–water partition coefficient (Wildman–Crippen LogP) is 5.30. The first kappa shape index (κ1) is 22.2. The number of halogens is 3. The van der Waals surface area contributed by atoms with Crippen LogP contribution in [0.25, 0.3) is 11.1 Å². The molecule has 3 aromatic rings. The summed E-state index contributed by atoms with van der Waals surface area (Å²) >= 11 is 0. The topological polar surface area (TPSA) is 48.1 Å². The SMILES string of the molecule is CC(N)(c1cncc(-c2ccc(F)cc2)c1)C1CCc2ccccc2O1.Cl.Cl. The Hall–Kier alpha value is -2.14. The highest BCUT2D eigenvalue weighted by atomic mass is 35.5. The predicted molar refractivity (Wildman–Crippen MR) is 115 cm³/mol. The summed E-state index contributed by atoms with van der Waals surface area (Å²) in [5.74, 6) is 0.652. The van der Waals surface area contributed by atoms with E-state index in [1.807, 2.05) is 31.2 Å². The molecule has 148 valence electrons. The van der Waals surface area contributed by atoms with Crippen LogP contribution >= 0.6 is 24.8 Å². The smallest absolute Gasteiger partial charge is 0.123 e. The first-order valence-electron chi connectivity index (χ1n) is 8.79. The Morgan fingerprint density at radius 3 is 2.50 bits per heavy atom. The van der Waals surface area contributed by atoms with Crippen molar-refractivity contribution in [2.75, 3.05) is 0 Å². The first-order valence-corrected chi connectivity index (χ1v) is 8.79. The van der Waals surface area contributed by atoms with Crippen molar-refractivity contribution < 1.29 is 9.13 Å². The Kier molecular flexibility index (Phi) is 7.05.